The van der Waals surface area contributed by atoms with Gasteiger partial charge in [0.05, 0.1) is 11.5 Å². The molecule has 0 radical (unpaired) electrons. The van der Waals surface area contributed by atoms with E-state index in [4.69, 9.17) is 4.74 Å². The van der Waals surface area contributed by atoms with Gasteiger partial charge in [0, 0.05) is 7.11 Å². The summed E-state index contributed by atoms with van der Waals surface area (Å²) in [6.45, 7) is 6.42. The molecule has 1 saturated carbocycles. The normalized spacial score (nSPS) is 20.1. The van der Waals surface area contributed by atoms with E-state index in [-0.39, 0.29) is 5.41 Å². The molecule has 1 nitrogen and oxygen atoms in total. The van der Waals surface area contributed by atoms with Crippen LogP contribution >= 0.6 is 0 Å². The third kappa shape index (κ3) is 2.12. The fourth-order valence-corrected chi connectivity index (χ4v) is 2.45. The van der Waals surface area contributed by atoms with E-state index in [1.807, 2.05) is 14.0 Å². The van der Waals surface area contributed by atoms with Crippen LogP contribution in [0.25, 0.3) is 0 Å². The van der Waals surface area contributed by atoms with E-state index in [0.29, 0.717) is 12.0 Å². The fourth-order valence-electron chi connectivity index (χ4n) is 2.45. The maximum Gasteiger partial charge on any atom is 0.0764 e. The molecule has 14 heavy (non-hydrogen) atoms. The van der Waals surface area contributed by atoms with E-state index >= 15 is 0 Å². The van der Waals surface area contributed by atoms with Gasteiger partial charge in [0.2, 0.25) is 0 Å². The average molecular weight is 194 g/mol. The molecule has 1 aliphatic carbocycles. The summed E-state index contributed by atoms with van der Waals surface area (Å²) in [5.74, 6) is 7.09. The van der Waals surface area contributed by atoms with Gasteiger partial charge in [-0.3, -0.25) is 0 Å². The molecule has 0 heterocycles. The van der Waals surface area contributed by atoms with Crippen LogP contribution in [-0.2, 0) is 4.74 Å². The van der Waals surface area contributed by atoms with Gasteiger partial charge in [0.15, 0.2) is 0 Å². The number of hydrogen-bond donors (Lipinski definition) is 0. The smallest absolute Gasteiger partial charge is 0.0764 e. The molecule has 0 bridgehead atoms. The van der Waals surface area contributed by atoms with Crippen molar-refractivity contribution in [2.45, 2.75) is 52.6 Å². The second kappa shape index (κ2) is 4.84. The third-order valence-corrected chi connectivity index (χ3v) is 3.44. The van der Waals surface area contributed by atoms with Crippen molar-refractivity contribution >= 4 is 0 Å². The summed E-state index contributed by atoms with van der Waals surface area (Å²) >= 11 is 0. The van der Waals surface area contributed by atoms with Gasteiger partial charge in [-0.2, -0.15) is 0 Å². The quantitative estimate of drug-likeness (QED) is 0.610. The van der Waals surface area contributed by atoms with Crippen LogP contribution in [-0.4, -0.2) is 13.2 Å². The molecule has 0 N–H and O–H groups in total. The van der Waals surface area contributed by atoms with E-state index in [2.05, 4.69) is 25.7 Å². The Balaban J connectivity index is 2.73. The third-order valence-electron chi connectivity index (χ3n) is 3.44. The molecule has 0 spiro atoms. The highest BCUT2D eigenvalue weighted by atomic mass is 16.5. The van der Waals surface area contributed by atoms with Crippen molar-refractivity contribution in [2.75, 3.05) is 7.11 Å². The van der Waals surface area contributed by atoms with Crippen LogP contribution in [0.2, 0.25) is 0 Å². The van der Waals surface area contributed by atoms with E-state index in [1.165, 1.54) is 25.7 Å². The van der Waals surface area contributed by atoms with Crippen LogP contribution in [0.3, 0.4) is 0 Å². The Morgan fingerprint density at radius 1 is 1.29 bits per heavy atom. The van der Waals surface area contributed by atoms with Crippen LogP contribution in [0.4, 0.5) is 0 Å². The van der Waals surface area contributed by atoms with Gasteiger partial charge >= 0.3 is 0 Å². The molecule has 0 aromatic rings. The Hall–Kier alpha value is -0.480. The van der Waals surface area contributed by atoms with Gasteiger partial charge in [-0.1, -0.05) is 32.6 Å². The molecule has 0 aliphatic heterocycles. The largest absolute Gasteiger partial charge is 0.380 e. The molecular weight excluding hydrogens is 172 g/mol. The van der Waals surface area contributed by atoms with Crippen LogP contribution in [0.5, 0.6) is 0 Å². The van der Waals surface area contributed by atoms with Gasteiger partial charge in [0.25, 0.3) is 0 Å². The second-order valence-electron chi connectivity index (χ2n) is 4.26. The van der Waals surface area contributed by atoms with E-state index in [0.717, 1.165) is 0 Å². The molecule has 1 aliphatic rings. The lowest BCUT2D eigenvalue weighted by Crippen LogP contribution is -2.31. The first-order valence-corrected chi connectivity index (χ1v) is 5.70. The average Bonchev–Trinajstić information content (AvgIpc) is 2.95. The van der Waals surface area contributed by atoms with Crippen LogP contribution < -0.4 is 0 Å². The van der Waals surface area contributed by atoms with Crippen LogP contribution in [0, 0.1) is 23.2 Å². The zero-order valence-electron chi connectivity index (χ0n) is 9.89. The summed E-state index contributed by atoms with van der Waals surface area (Å²) in [5.41, 5.74) is 0.209. The molecule has 1 heteroatoms. The first kappa shape index (κ1) is 11.6. The number of ether oxygens (including phenoxy) is 1. The Kier molecular flexibility index (Phi) is 4.01. The second-order valence-corrected chi connectivity index (χ2v) is 4.26. The highest BCUT2D eigenvalue weighted by molar-refractivity contribution is 5.22. The lowest BCUT2D eigenvalue weighted by Gasteiger charge is -2.28. The minimum absolute atomic E-state index is 0.209. The molecule has 0 aromatic heterocycles. The van der Waals surface area contributed by atoms with E-state index < -0.39 is 0 Å². The maximum atomic E-state index is 5.67. The predicted molar refractivity (Wildman–Crippen MR) is 60.0 cm³/mol. The standard InChI is InChI=1S/C13H22O/c1-5-8-13(9-10-13)12(14-4)11(6-2)7-3/h11-12H,6-7,9-10H2,1-4H3. The first-order valence-electron chi connectivity index (χ1n) is 5.70. The number of hydrogen-bond acceptors (Lipinski definition) is 1. The highest BCUT2D eigenvalue weighted by Crippen LogP contribution is 2.52. The van der Waals surface area contributed by atoms with Crippen molar-refractivity contribution in [2.24, 2.45) is 11.3 Å². The summed E-state index contributed by atoms with van der Waals surface area (Å²) in [6.07, 6.45) is 5.20. The van der Waals surface area contributed by atoms with Crippen molar-refractivity contribution in [1.29, 1.82) is 0 Å². The van der Waals surface area contributed by atoms with Gasteiger partial charge in [0.1, 0.15) is 0 Å². The van der Waals surface area contributed by atoms with Crippen molar-refractivity contribution in [3.63, 3.8) is 0 Å². The highest BCUT2D eigenvalue weighted by Gasteiger charge is 2.50. The van der Waals surface area contributed by atoms with Crippen LogP contribution in [0.1, 0.15) is 46.5 Å². The van der Waals surface area contributed by atoms with Crippen molar-refractivity contribution in [1.82, 2.24) is 0 Å². The monoisotopic (exact) mass is 194 g/mol. The lowest BCUT2D eigenvalue weighted by molar-refractivity contribution is 0.0112. The summed E-state index contributed by atoms with van der Waals surface area (Å²) in [6, 6.07) is 0. The number of methoxy groups -OCH3 is 1. The van der Waals surface area contributed by atoms with E-state index in [9.17, 15) is 0 Å². The molecular formula is C13H22O. The van der Waals surface area contributed by atoms with Crippen molar-refractivity contribution in [3.8, 4) is 11.8 Å². The van der Waals surface area contributed by atoms with Gasteiger partial charge in [-0.25, -0.2) is 0 Å². The molecule has 1 fully saturated rings. The first-order chi connectivity index (χ1) is 6.74. The Bertz CT molecular complexity index is 225. The zero-order valence-corrected chi connectivity index (χ0v) is 9.89. The molecule has 0 aromatic carbocycles. The topological polar surface area (TPSA) is 9.23 Å². The summed E-state index contributed by atoms with van der Waals surface area (Å²) < 4.78 is 5.67. The molecule has 1 atom stereocenters. The van der Waals surface area contributed by atoms with Gasteiger partial charge in [-0.15, -0.1) is 5.92 Å². The van der Waals surface area contributed by atoms with Gasteiger partial charge < -0.3 is 4.74 Å². The minimum Gasteiger partial charge on any atom is -0.380 e. The van der Waals surface area contributed by atoms with E-state index in [1.54, 1.807) is 0 Å². The number of rotatable bonds is 5. The Morgan fingerprint density at radius 2 is 1.86 bits per heavy atom. The Morgan fingerprint density at radius 3 is 2.14 bits per heavy atom. The van der Waals surface area contributed by atoms with Gasteiger partial charge in [-0.05, 0) is 25.7 Å². The summed E-state index contributed by atoms with van der Waals surface area (Å²) in [4.78, 5) is 0. The minimum atomic E-state index is 0.209. The Labute approximate surface area is 88.2 Å². The lowest BCUT2D eigenvalue weighted by atomic mass is 9.85. The maximum absolute atomic E-state index is 5.67. The predicted octanol–water partition coefficient (Wildman–Crippen LogP) is 3.24. The molecule has 1 rings (SSSR count). The molecule has 0 saturated heterocycles. The summed E-state index contributed by atoms with van der Waals surface area (Å²) in [5, 5.41) is 0. The molecule has 80 valence electrons. The fraction of sp³-hybridized carbons (Fsp3) is 0.846. The van der Waals surface area contributed by atoms with Crippen molar-refractivity contribution < 1.29 is 4.74 Å². The SMILES string of the molecule is CC#CC1(C(OC)C(CC)CC)CC1. The molecule has 1 unspecified atom stereocenters. The zero-order chi connectivity index (χ0) is 10.6. The molecule has 0 amide bonds. The van der Waals surface area contributed by atoms with Crippen LogP contribution in [0.15, 0.2) is 0 Å². The summed E-state index contributed by atoms with van der Waals surface area (Å²) in [7, 11) is 1.83. The van der Waals surface area contributed by atoms with Crippen molar-refractivity contribution in [3.05, 3.63) is 0 Å².